The van der Waals surface area contributed by atoms with Crippen molar-refractivity contribution in [1.82, 2.24) is 5.32 Å². The van der Waals surface area contributed by atoms with Gasteiger partial charge >= 0.3 is 0 Å². The van der Waals surface area contributed by atoms with Crippen molar-refractivity contribution in [3.05, 3.63) is 23.8 Å². The maximum absolute atomic E-state index is 10.2. The second kappa shape index (κ2) is 2.87. The van der Waals surface area contributed by atoms with E-state index in [4.69, 9.17) is 4.74 Å². The average Bonchev–Trinajstić information content (AvgIpc) is 2.78. The van der Waals surface area contributed by atoms with E-state index in [0.717, 1.165) is 13.0 Å². The summed E-state index contributed by atoms with van der Waals surface area (Å²) in [4.78, 5) is 0. The quantitative estimate of drug-likeness (QED) is 0.581. The molecule has 2 aliphatic rings. The summed E-state index contributed by atoms with van der Waals surface area (Å²) in [7, 11) is 0. The van der Waals surface area contributed by atoms with Gasteiger partial charge < -0.3 is 20.3 Å². The Morgan fingerprint density at radius 1 is 1.47 bits per heavy atom. The van der Waals surface area contributed by atoms with Crippen molar-refractivity contribution in [3.63, 3.8) is 0 Å². The van der Waals surface area contributed by atoms with E-state index in [1.165, 1.54) is 0 Å². The second-order valence-electron chi connectivity index (χ2n) is 4.22. The summed E-state index contributed by atoms with van der Waals surface area (Å²) in [6, 6.07) is 4.86. The molecule has 0 radical (unpaired) electrons. The number of rotatable bonds is 0. The van der Waals surface area contributed by atoms with Gasteiger partial charge in [-0.3, -0.25) is 0 Å². The van der Waals surface area contributed by atoms with Gasteiger partial charge in [0.15, 0.2) is 5.60 Å². The fourth-order valence-electron chi connectivity index (χ4n) is 2.41. The topological polar surface area (TPSA) is 61.7 Å². The number of nitrogens with one attached hydrogen (secondary N) is 1. The standard InChI is InChI=1S/C11H13NO3/c13-7-1-2-9-8(5-7)10(14)11(15-9)3-4-12-6-11/h1-2,5,10,12-14H,3-4,6H2. The van der Waals surface area contributed by atoms with E-state index in [-0.39, 0.29) is 5.75 Å². The molecule has 0 amide bonds. The van der Waals surface area contributed by atoms with Crippen LogP contribution in [-0.2, 0) is 0 Å². The van der Waals surface area contributed by atoms with Gasteiger partial charge in [-0.15, -0.1) is 0 Å². The van der Waals surface area contributed by atoms with Gasteiger partial charge in [0.05, 0.1) is 0 Å². The van der Waals surface area contributed by atoms with Crippen LogP contribution in [0.1, 0.15) is 18.1 Å². The van der Waals surface area contributed by atoms with Crippen molar-refractivity contribution in [2.75, 3.05) is 13.1 Å². The van der Waals surface area contributed by atoms with Crippen molar-refractivity contribution in [3.8, 4) is 11.5 Å². The van der Waals surface area contributed by atoms with Crippen LogP contribution in [0.2, 0.25) is 0 Å². The lowest BCUT2D eigenvalue weighted by Crippen LogP contribution is -2.40. The van der Waals surface area contributed by atoms with Crippen molar-refractivity contribution in [1.29, 1.82) is 0 Å². The van der Waals surface area contributed by atoms with Crippen LogP contribution in [0, 0.1) is 0 Å². The van der Waals surface area contributed by atoms with Crippen LogP contribution in [0.3, 0.4) is 0 Å². The fourth-order valence-corrected chi connectivity index (χ4v) is 2.41. The van der Waals surface area contributed by atoms with Gasteiger partial charge in [0.1, 0.15) is 17.6 Å². The molecule has 80 valence electrons. The van der Waals surface area contributed by atoms with E-state index in [2.05, 4.69) is 5.32 Å². The molecule has 0 saturated carbocycles. The maximum Gasteiger partial charge on any atom is 0.152 e. The first-order valence-electron chi connectivity index (χ1n) is 5.12. The first-order chi connectivity index (χ1) is 7.21. The number of hydrogen-bond acceptors (Lipinski definition) is 4. The zero-order valence-electron chi connectivity index (χ0n) is 8.23. The van der Waals surface area contributed by atoms with E-state index in [1.807, 2.05) is 0 Å². The summed E-state index contributed by atoms with van der Waals surface area (Å²) < 4.78 is 5.80. The van der Waals surface area contributed by atoms with E-state index < -0.39 is 11.7 Å². The Hall–Kier alpha value is -1.26. The number of phenolic OH excluding ortho intramolecular Hbond substituents is 1. The molecule has 2 unspecified atom stereocenters. The highest BCUT2D eigenvalue weighted by Crippen LogP contribution is 2.46. The van der Waals surface area contributed by atoms with Crippen LogP contribution < -0.4 is 10.1 Å². The Labute approximate surface area is 87.5 Å². The predicted molar refractivity (Wildman–Crippen MR) is 53.9 cm³/mol. The largest absolute Gasteiger partial charge is 0.508 e. The van der Waals surface area contributed by atoms with E-state index in [1.54, 1.807) is 18.2 Å². The highest BCUT2D eigenvalue weighted by molar-refractivity contribution is 5.46. The molecule has 4 nitrogen and oxygen atoms in total. The number of hydrogen-bond donors (Lipinski definition) is 3. The molecule has 1 fully saturated rings. The molecule has 1 spiro atoms. The Bertz CT molecular complexity index is 399. The van der Waals surface area contributed by atoms with Crippen LogP contribution in [0.5, 0.6) is 11.5 Å². The highest BCUT2D eigenvalue weighted by Gasteiger charge is 2.49. The first kappa shape index (κ1) is 9.00. The molecule has 0 aliphatic carbocycles. The number of phenols is 1. The van der Waals surface area contributed by atoms with E-state index in [0.29, 0.717) is 17.9 Å². The lowest BCUT2D eigenvalue weighted by atomic mass is 9.93. The number of aromatic hydroxyl groups is 1. The molecule has 0 bridgehead atoms. The minimum Gasteiger partial charge on any atom is -0.508 e. The maximum atomic E-state index is 10.2. The van der Waals surface area contributed by atoms with Crippen molar-refractivity contribution in [2.45, 2.75) is 18.1 Å². The SMILES string of the molecule is Oc1ccc2c(c1)C(O)C1(CCNC1)O2. The molecular formula is C11H13NO3. The Morgan fingerprint density at radius 2 is 2.33 bits per heavy atom. The molecule has 2 atom stereocenters. The molecule has 1 aromatic carbocycles. The van der Waals surface area contributed by atoms with Gasteiger partial charge in [0.2, 0.25) is 0 Å². The third-order valence-electron chi connectivity index (χ3n) is 3.25. The fraction of sp³-hybridized carbons (Fsp3) is 0.455. The molecule has 2 heterocycles. The second-order valence-corrected chi connectivity index (χ2v) is 4.22. The minimum atomic E-state index is -0.644. The van der Waals surface area contributed by atoms with Gasteiger partial charge in [-0.1, -0.05) is 0 Å². The lowest BCUT2D eigenvalue weighted by Gasteiger charge is -2.25. The summed E-state index contributed by atoms with van der Waals surface area (Å²) >= 11 is 0. The zero-order chi connectivity index (χ0) is 10.5. The van der Waals surface area contributed by atoms with Crippen molar-refractivity contribution < 1.29 is 14.9 Å². The molecule has 15 heavy (non-hydrogen) atoms. The van der Waals surface area contributed by atoms with Crippen LogP contribution >= 0.6 is 0 Å². The van der Waals surface area contributed by atoms with E-state index >= 15 is 0 Å². The van der Waals surface area contributed by atoms with Gasteiger partial charge in [-0.05, 0) is 24.7 Å². The van der Waals surface area contributed by atoms with Crippen molar-refractivity contribution >= 4 is 0 Å². The average molecular weight is 207 g/mol. The molecule has 1 saturated heterocycles. The third-order valence-corrected chi connectivity index (χ3v) is 3.25. The normalized spacial score (nSPS) is 33.0. The number of benzene rings is 1. The molecular weight excluding hydrogens is 194 g/mol. The van der Waals surface area contributed by atoms with Crippen LogP contribution in [-0.4, -0.2) is 28.9 Å². The van der Waals surface area contributed by atoms with Gasteiger partial charge in [0, 0.05) is 18.5 Å². The van der Waals surface area contributed by atoms with Crippen molar-refractivity contribution in [2.24, 2.45) is 0 Å². The highest BCUT2D eigenvalue weighted by atomic mass is 16.5. The molecule has 0 aromatic heterocycles. The molecule has 3 N–H and O–H groups in total. The van der Waals surface area contributed by atoms with Crippen LogP contribution in [0.4, 0.5) is 0 Å². The summed E-state index contributed by atoms with van der Waals surface area (Å²) in [6.07, 6.45) is 0.151. The summed E-state index contributed by atoms with van der Waals surface area (Å²) in [5, 5.41) is 22.7. The molecule has 3 rings (SSSR count). The Kier molecular flexibility index (Phi) is 1.72. The van der Waals surface area contributed by atoms with Gasteiger partial charge in [0.25, 0.3) is 0 Å². The summed E-state index contributed by atoms with van der Waals surface area (Å²) in [5.74, 6) is 0.850. The van der Waals surface area contributed by atoms with Crippen LogP contribution in [0.25, 0.3) is 0 Å². The minimum absolute atomic E-state index is 0.166. The number of aliphatic hydroxyl groups excluding tert-OH is 1. The first-order valence-corrected chi connectivity index (χ1v) is 5.12. The number of fused-ring (bicyclic) bond motifs is 1. The van der Waals surface area contributed by atoms with Gasteiger partial charge in [-0.2, -0.15) is 0 Å². The van der Waals surface area contributed by atoms with Gasteiger partial charge in [-0.25, -0.2) is 0 Å². The predicted octanol–water partition coefficient (Wildman–Crippen LogP) is 0.550. The van der Waals surface area contributed by atoms with Crippen LogP contribution in [0.15, 0.2) is 18.2 Å². The summed E-state index contributed by atoms with van der Waals surface area (Å²) in [5.41, 5.74) is 0.176. The Balaban J connectivity index is 2.04. The van der Waals surface area contributed by atoms with E-state index in [9.17, 15) is 10.2 Å². The third kappa shape index (κ3) is 1.15. The number of aliphatic hydroxyl groups is 1. The number of ether oxygens (including phenoxy) is 1. The smallest absolute Gasteiger partial charge is 0.152 e. The zero-order valence-corrected chi connectivity index (χ0v) is 8.23. The monoisotopic (exact) mass is 207 g/mol. The Morgan fingerprint density at radius 3 is 3.07 bits per heavy atom. The molecule has 1 aromatic rings. The molecule has 2 aliphatic heterocycles. The lowest BCUT2D eigenvalue weighted by molar-refractivity contribution is -0.0126. The summed E-state index contributed by atoms with van der Waals surface area (Å²) in [6.45, 7) is 1.51. The molecule has 4 heteroatoms.